The Hall–Kier alpha value is -1.11. The first kappa shape index (κ1) is 14.9. The normalized spacial score (nSPS) is 13.1. The predicted octanol–water partition coefficient (Wildman–Crippen LogP) is -0.352. The molecule has 0 aliphatic rings. The van der Waals surface area contributed by atoms with E-state index in [2.05, 4.69) is 5.32 Å². The van der Waals surface area contributed by atoms with Crippen molar-refractivity contribution in [2.24, 2.45) is 5.92 Å². The SMILES string of the molecule is CCNC(=O)CCS(=O)(=O)CC(C)C(=O)O. The van der Waals surface area contributed by atoms with Crippen LogP contribution in [0.4, 0.5) is 0 Å². The number of aliphatic carboxylic acids is 1. The molecule has 0 aromatic rings. The molecule has 7 heteroatoms. The number of carbonyl (C=O) groups excluding carboxylic acids is 1. The number of carbonyl (C=O) groups is 2. The zero-order chi connectivity index (χ0) is 12.8. The molecule has 0 aliphatic carbocycles. The third-order valence-electron chi connectivity index (χ3n) is 1.94. The zero-order valence-corrected chi connectivity index (χ0v) is 10.2. The van der Waals surface area contributed by atoms with E-state index in [4.69, 9.17) is 5.11 Å². The molecule has 0 radical (unpaired) electrons. The number of amides is 1. The Bertz CT molecular complexity index is 349. The molecule has 0 aromatic carbocycles. The van der Waals surface area contributed by atoms with Gasteiger partial charge in [-0.15, -0.1) is 0 Å². The van der Waals surface area contributed by atoms with Crippen LogP contribution < -0.4 is 5.32 Å². The minimum Gasteiger partial charge on any atom is -0.481 e. The van der Waals surface area contributed by atoms with Crippen molar-refractivity contribution in [3.63, 3.8) is 0 Å². The first-order valence-electron chi connectivity index (χ1n) is 4.98. The molecule has 1 amide bonds. The molecule has 1 atom stereocenters. The number of carboxylic acid groups (broad SMARTS) is 1. The van der Waals surface area contributed by atoms with Crippen LogP contribution in [0.3, 0.4) is 0 Å². The average Bonchev–Trinajstić information content (AvgIpc) is 2.14. The summed E-state index contributed by atoms with van der Waals surface area (Å²) >= 11 is 0. The molecule has 0 saturated heterocycles. The highest BCUT2D eigenvalue weighted by Gasteiger charge is 2.21. The molecule has 0 fully saturated rings. The standard InChI is InChI=1S/C9H17NO5S/c1-3-10-8(11)4-5-16(14,15)6-7(2)9(12)13/h7H,3-6H2,1-2H3,(H,10,11)(H,12,13). The molecule has 6 nitrogen and oxygen atoms in total. The van der Waals surface area contributed by atoms with Gasteiger partial charge in [-0.1, -0.05) is 6.92 Å². The lowest BCUT2D eigenvalue weighted by Gasteiger charge is -2.07. The number of hydrogen-bond acceptors (Lipinski definition) is 4. The van der Waals surface area contributed by atoms with Gasteiger partial charge in [0.25, 0.3) is 0 Å². The van der Waals surface area contributed by atoms with Gasteiger partial charge in [-0.25, -0.2) is 8.42 Å². The Kier molecular flexibility index (Phi) is 6.02. The van der Waals surface area contributed by atoms with E-state index in [1.54, 1.807) is 6.92 Å². The lowest BCUT2D eigenvalue weighted by Crippen LogP contribution is -2.28. The summed E-state index contributed by atoms with van der Waals surface area (Å²) in [5, 5.41) is 11.0. The smallest absolute Gasteiger partial charge is 0.307 e. The highest BCUT2D eigenvalue weighted by Crippen LogP contribution is 2.03. The maximum absolute atomic E-state index is 11.4. The topological polar surface area (TPSA) is 101 Å². The van der Waals surface area contributed by atoms with E-state index in [0.717, 1.165) is 0 Å². The second kappa shape index (κ2) is 6.47. The summed E-state index contributed by atoms with van der Waals surface area (Å²) < 4.78 is 22.8. The molecular weight excluding hydrogens is 234 g/mol. The molecule has 0 rings (SSSR count). The monoisotopic (exact) mass is 251 g/mol. The summed E-state index contributed by atoms with van der Waals surface area (Å²) in [6.45, 7) is 3.51. The van der Waals surface area contributed by atoms with Gasteiger partial charge in [0.2, 0.25) is 5.91 Å². The van der Waals surface area contributed by atoms with Crippen molar-refractivity contribution in [3.05, 3.63) is 0 Å². The summed E-state index contributed by atoms with van der Waals surface area (Å²) in [6.07, 6.45) is -0.123. The largest absolute Gasteiger partial charge is 0.481 e. The van der Waals surface area contributed by atoms with Crippen LogP contribution >= 0.6 is 0 Å². The Morgan fingerprint density at radius 1 is 1.38 bits per heavy atom. The summed E-state index contributed by atoms with van der Waals surface area (Å²) in [5.41, 5.74) is 0. The minimum atomic E-state index is -3.48. The van der Waals surface area contributed by atoms with Gasteiger partial charge in [0.1, 0.15) is 0 Å². The second-order valence-electron chi connectivity index (χ2n) is 3.56. The number of sulfone groups is 1. The molecule has 0 saturated carbocycles. The summed E-state index contributed by atoms with van der Waals surface area (Å²) in [7, 11) is -3.48. The molecule has 0 aromatic heterocycles. The van der Waals surface area contributed by atoms with Gasteiger partial charge in [0, 0.05) is 13.0 Å². The lowest BCUT2D eigenvalue weighted by molar-refractivity contribution is -0.140. The van der Waals surface area contributed by atoms with Crippen molar-refractivity contribution in [2.45, 2.75) is 20.3 Å². The van der Waals surface area contributed by atoms with Crippen LogP contribution in [0, 0.1) is 5.92 Å². The van der Waals surface area contributed by atoms with E-state index in [-0.39, 0.29) is 18.1 Å². The summed E-state index contributed by atoms with van der Waals surface area (Å²) in [6, 6.07) is 0. The molecule has 2 N–H and O–H groups in total. The Balaban J connectivity index is 4.16. The van der Waals surface area contributed by atoms with E-state index < -0.39 is 27.5 Å². The van der Waals surface area contributed by atoms with Crippen LogP contribution in [0.25, 0.3) is 0 Å². The van der Waals surface area contributed by atoms with Crippen LogP contribution in [0.5, 0.6) is 0 Å². The quantitative estimate of drug-likeness (QED) is 0.644. The number of hydrogen-bond donors (Lipinski definition) is 2. The first-order chi connectivity index (χ1) is 7.28. The third-order valence-corrected chi connectivity index (χ3v) is 3.77. The predicted molar refractivity (Wildman–Crippen MR) is 58.8 cm³/mol. The Morgan fingerprint density at radius 2 is 1.94 bits per heavy atom. The molecule has 94 valence electrons. The van der Waals surface area contributed by atoms with Crippen LogP contribution in [-0.4, -0.2) is 43.5 Å². The summed E-state index contributed by atoms with van der Waals surface area (Å²) in [5.74, 6) is -3.17. The molecule has 1 unspecified atom stereocenters. The second-order valence-corrected chi connectivity index (χ2v) is 5.79. The average molecular weight is 251 g/mol. The van der Waals surface area contributed by atoms with Crippen molar-refractivity contribution in [3.8, 4) is 0 Å². The molecule has 0 aliphatic heterocycles. The van der Waals surface area contributed by atoms with Gasteiger partial charge in [-0.2, -0.15) is 0 Å². The Labute approximate surface area is 95.0 Å². The van der Waals surface area contributed by atoms with Crippen LogP contribution in [0.15, 0.2) is 0 Å². The maximum Gasteiger partial charge on any atom is 0.307 e. The van der Waals surface area contributed by atoms with Crippen molar-refractivity contribution in [1.29, 1.82) is 0 Å². The van der Waals surface area contributed by atoms with E-state index in [0.29, 0.717) is 6.54 Å². The van der Waals surface area contributed by atoms with Gasteiger partial charge in [0.15, 0.2) is 9.84 Å². The fourth-order valence-electron chi connectivity index (χ4n) is 1.07. The van der Waals surface area contributed by atoms with Crippen molar-refractivity contribution in [2.75, 3.05) is 18.1 Å². The van der Waals surface area contributed by atoms with Crippen LogP contribution in [0.2, 0.25) is 0 Å². The van der Waals surface area contributed by atoms with E-state index in [9.17, 15) is 18.0 Å². The molecular formula is C9H17NO5S. The first-order valence-corrected chi connectivity index (χ1v) is 6.80. The highest BCUT2D eigenvalue weighted by molar-refractivity contribution is 7.91. The number of rotatable bonds is 7. The highest BCUT2D eigenvalue weighted by atomic mass is 32.2. The molecule has 0 bridgehead atoms. The molecule has 0 heterocycles. The van der Waals surface area contributed by atoms with Gasteiger partial charge in [-0.3, -0.25) is 9.59 Å². The third kappa shape index (κ3) is 6.39. The number of carboxylic acids is 1. The van der Waals surface area contributed by atoms with Crippen LogP contribution in [-0.2, 0) is 19.4 Å². The van der Waals surface area contributed by atoms with Gasteiger partial charge in [0.05, 0.1) is 17.4 Å². The molecule has 0 spiro atoms. The number of nitrogens with one attached hydrogen (secondary N) is 1. The van der Waals surface area contributed by atoms with Gasteiger partial charge >= 0.3 is 5.97 Å². The summed E-state index contributed by atoms with van der Waals surface area (Å²) in [4.78, 5) is 21.5. The Morgan fingerprint density at radius 3 is 2.38 bits per heavy atom. The van der Waals surface area contributed by atoms with Crippen LogP contribution in [0.1, 0.15) is 20.3 Å². The van der Waals surface area contributed by atoms with E-state index in [1.807, 2.05) is 0 Å². The zero-order valence-electron chi connectivity index (χ0n) is 9.39. The van der Waals surface area contributed by atoms with Crippen molar-refractivity contribution < 1.29 is 23.1 Å². The fraction of sp³-hybridized carbons (Fsp3) is 0.778. The van der Waals surface area contributed by atoms with E-state index in [1.165, 1.54) is 6.92 Å². The van der Waals surface area contributed by atoms with Gasteiger partial charge in [-0.05, 0) is 6.92 Å². The van der Waals surface area contributed by atoms with Crippen molar-refractivity contribution >= 4 is 21.7 Å². The molecule has 16 heavy (non-hydrogen) atoms. The van der Waals surface area contributed by atoms with Gasteiger partial charge < -0.3 is 10.4 Å². The van der Waals surface area contributed by atoms with E-state index >= 15 is 0 Å². The maximum atomic E-state index is 11.4. The van der Waals surface area contributed by atoms with Crippen molar-refractivity contribution in [1.82, 2.24) is 5.32 Å². The fourth-order valence-corrected chi connectivity index (χ4v) is 2.64. The minimum absolute atomic E-state index is 0.123. The lowest BCUT2D eigenvalue weighted by atomic mass is 10.2.